The van der Waals surface area contributed by atoms with Gasteiger partial charge in [-0.15, -0.1) is 0 Å². The van der Waals surface area contributed by atoms with Gasteiger partial charge in [0, 0.05) is 25.7 Å². The summed E-state index contributed by atoms with van der Waals surface area (Å²) in [6, 6.07) is 4.05. The summed E-state index contributed by atoms with van der Waals surface area (Å²) in [6.45, 7) is 6.97. The van der Waals surface area contributed by atoms with Crippen LogP contribution in [0.25, 0.3) is 0 Å². The fraction of sp³-hybridized carbons (Fsp3) is 0.381. The number of rotatable bonds is 9. The molecule has 0 saturated carbocycles. The SMILES string of the molecule is CCN(CC)S(=O)(=O)c1ccc(Cl)c(NC(=O)Cc2[nH]c(C(C)=O)c(C)c2C(=O)OC)c1. The van der Waals surface area contributed by atoms with Crippen LogP contribution >= 0.6 is 11.6 Å². The average molecular weight is 484 g/mol. The zero-order valence-electron chi connectivity index (χ0n) is 18.5. The quantitative estimate of drug-likeness (QED) is 0.416. The van der Waals surface area contributed by atoms with Gasteiger partial charge in [0.1, 0.15) is 0 Å². The first-order valence-electron chi connectivity index (χ1n) is 9.88. The van der Waals surface area contributed by atoms with E-state index < -0.39 is 21.9 Å². The largest absolute Gasteiger partial charge is 0.465 e. The third kappa shape index (κ3) is 5.20. The lowest BCUT2D eigenvalue weighted by Gasteiger charge is -2.19. The van der Waals surface area contributed by atoms with Gasteiger partial charge in [-0.2, -0.15) is 4.31 Å². The van der Waals surface area contributed by atoms with Crippen LogP contribution in [-0.4, -0.2) is 55.6 Å². The molecule has 1 heterocycles. The van der Waals surface area contributed by atoms with E-state index in [1.165, 1.54) is 36.5 Å². The lowest BCUT2D eigenvalue weighted by atomic mass is 10.1. The highest BCUT2D eigenvalue weighted by molar-refractivity contribution is 7.89. The first kappa shape index (κ1) is 25.6. The number of H-pyrrole nitrogens is 1. The number of aromatic nitrogens is 1. The van der Waals surface area contributed by atoms with Crippen molar-refractivity contribution in [1.82, 2.24) is 9.29 Å². The van der Waals surface area contributed by atoms with Gasteiger partial charge in [-0.25, -0.2) is 13.2 Å². The Labute approximate surface area is 192 Å². The Morgan fingerprint density at radius 3 is 2.34 bits per heavy atom. The second kappa shape index (κ2) is 10.3. The van der Waals surface area contributed by atoms with Crippen molar-refractivity contribution in [1.29, 1.82) is 0 Å². The smallest absolute Gasteiger partial charge is 0.339 e. The number of nitrogens with zero attached hydrogens (tertiary/aromatic N) is 1. The van der Waals surface area contributed by atoms with Crippen LogP contribution in [0.5, 0.6) is 0 Å². The van der Waals surface area contributed by atoms with Crippen molar-refractivity contribution in [2.45, 2.75) is 39.0 Å². The number of carbonyl (C=O) groups is 3. The molecule has 32 heavy (non-hydrogen) atoms. The molecule has 0 spiro atoms. The molecule has 0 aliphatic rings. The maximum absolute atomic E-state index is 12.8. The number of Topliss-reactive ketones (excluding diaryl/α,β-unsaturated/α-hetero) is 1. The number of sulfonamides is 1. The molecule has 2 rings (SSSR count). The molecule has 1 amide bonds. The number of esters is 1. The highest BCUT2D eigenvalue weighted by Crippen LogP contribution is 2.28. The summed E-state index contributed by atoms with van der Waals surface area (Å²) >= 11 is 6.17. The van der Waals surface area contributed by atoms with Crippen LogP contribution < -0.4 is 5.32 Å². The molecule has 1 aromatic carbocycles. The van der Waals surface area contributed by atoms with Crippen molar-refractivity contribution in [3.8, 4) is 0 Å². The van der Waals surface area contributed by atoms with Crippen LogP contribution in [0.4, 0.5) is 5.69 Å². The van der Waals surface area contributed by atoms with Crippen molar-refractivity contribution in [3.05, 3.63) is 45.7 Å². The Kier molecular flexibility index (Phi) is 8.22. The molecular formula is C21H26ClN3O6S. The number of anilines is 1. The Morgan fingerprint density at radius 1 is 1.19 bits per heavy atom. The number of benzene rings is 1. The van der Waals surface area contributed by atoms with Crippen LogP contribution in [0.2, 0.25) is 5.02 Å². The summed E-state index contributed by atoms with van der Waals surface area (Å²) in [5, 5.41) is 2.73. The molecule has 11 heteroatoms. The molecule has 9 nitrogen and oxygen atoms in total. The second-order valence-electron chi connectivity index (χ2n) is 6.98. The highest BCUT2D eigenvalue weighted by atomic mass is 35.5. The van der Waals surface area contributed by atoms with E-state index in [-0.39, 0.29) is 44.8 Å². The van der Waals surface area contributed by atoms with Gasteiger partial charge >= 0.3 is 5.97 Å². The standard InChI is InChI=1S/C21H26ClN3O6S/c1-6-25(7-2)32(29,30)14-8-9-15(22)16(10-14)23-18(27)11-17-19(21(28)31-5)12(3)20(24-17)13(4)26/h8-10,24H,6-7,11H2,1-5H3,(H,23,27). The van der Waals surface area contributed by atoms with Crippen LogP contribution in [-0.2, 0) is 26.0 Å². The lowest BCUT2D eigenvalue weighted by Crippen LogP contribution is -2.30. The number of hydrogen-bond acceptors (Lipinski definition) is 6. The van der Waals surface area contributed by atoms with Gasteiger partial charge in [0.2, 0.25) is 15.9 Å². The summed E-state index contributed by atoms with van der Waals surface area (Å²) in [6.07, 6.45) is -0.290. The molecule has 0 atom stereocenters. The third-order valence-electron chi connectivity index (χ3n) is 4.96. The van der Waals surface area contributed by atoms with Crippen LogP contribution in [0.15, 0.2) is 23.1 Å². The van der Waals surface area contributed by atoms with Gasteiger partial charge in [-0.1, -0.05) is 25.4 Å². The van der Waals surface area contributed by atoms with Gasteiger partial charge < -0.3 is 15.0 Å². The van der Waals surface area contributed by atoms with Gasteiger partial charge in [-0.05, 0) is 30.7 Å². The highest BCUT2D eigenvalue weighted by Gasteiger charge is 2.26. The molecule has 0 unspecified atom stereocenters. The van der Waals surface area contributed by atoms with Crippen LogP contribution in [0.3, 0.4) is 0 Å². The maximum atomic E-state index is 12.8. The number of carbonyl (C=O) groups excluding carboxylic acids is 3. The van der Waals surface area contributed by atoms with Gasteiger partial charge in [0.05, 0.1) is 40.4 Å². The predicted octanol–water partition coefficient (Wildman–Crippen LogP) is 3.18. The molecule has 1 aromatic heterocycles. The Balaban J connectivity index is 2.36. The summed E-state index contributed by atoms with van der Waals surface area (Å²) < 4.78 is 31.6. The minimum atomic E-state index is -3.75. The van der Waals surface area contributed by atoms with E-state index in [0.29, 0.717) is 18.7 Å². The summed E-state index contributed by atoms with van der Waals surface area (Å²) in [7, 11) is -2.55. The zero-order chi connectivity index (χ0) is 24.2. The normalized spacial score (nSPS) is 11.5. The van der Waals surface area contributed by atoms with Gasteiger partial charge in [-0.3, -0.25) is 9.59 Å². The van der Waals surface area contributed by atoms with E-state index in [4.69, 9.17) is 16.3 Å². The Hall–Kier alpha value is -2.69. The number of hydrogen-bond donors (Lipinski definition) is 2. The zero-order valence-corrected chi connectivity index (χ0v) is 20.1. The average Bonchev–Trinajstić information content (AvgIpc) is 3.05. The fourth-order valence-electron chi connectivity index (χ4n) is 3.35. The number of halogens is 1. The number of amides is 1. The first-order valence-corrected chi connectivity index (χ1v) is 11.7. The van der Waals surface area contributed by atoms with E-state index in [2.05, 4.69) is 10.3 Å². The number of ketones is 1. The molecule has 0 fully saturated rings. The summed E-state index contributed by atoms with van der Waals surface area (Å²) in [4.78, 5) is 39.5. The van der Waals surface area contributed by atoms with Gasteiger partial charge in [0.25, 0.3) is 0 Å². The van der Waals surface area contributed by atoms with Crippen molar-refractivity contribution in [2.24, 2.45) is 0 Å². The topological polar surface area (TPSA) is 126 Å². The molecule has 0 saturated heterocycles. The number of nitrogens with one attached hydrogen (secondary N) is 2. The Bertz CT molecular complexity index is 1150. The molecule has 0 radical (unpaired) electrons. The fourth-order valence-corrected chi connectivity index (χ4v) is 5.00. The van der Waals surface area contributed by atoms with E-state index in [1.54, 1.807) is 20.8 Å². The van der Waals surface area contributed by atoms with Crippen molar-refractivity contribution < 1.29 is 27.5 Å². The first-order chi connectivity index (χ1) is 15.0. The van der Waals surface area contributed by atoms with Crippen LogP contribution in [0, 0.1) is 6.92 Å². The van der Waals surface area contributed by atoms with E-state index in [9.17, 15) is 22.8 Å². The van der Waals surface area contributed by atoms with Crippen molar-refractivity contribution >= 4 is 45.0 Å². The van der Waals surface area contributed by atoms with E-state index >= 15 is 0 Å². The molecular weight excluding hydrogens is 458 g/mol. The maximum Gasteiger partial charge on any atom is 0.339 e. The van der Waals surface area contributed by atoms with Crippen LogP contribution in [0.1, 0.15) is 52.9 Å². The lowest BCUT2D eigenvalue weighted by molar-refractivity contribution is -0.115. The number of ether oxygens (including phenoxy) is 1. The van der Waals surface area contributed by atoms with Gasteiger partial charge in [0.15, 0.2) is 5.78 Å². The molecule has 2 N–H and O–H groups in total. The molecule has 0 bridgehead atoms. The molecule has 0 aliphatic carbocycles. The molecule has 2 aromatic rings. The van der Waals surface area contributed by atoms with Crippen molar-refractivity contribution in [2.75, 3.05) is 25.5 Å². The van der Waals surface area contributed by atoms with E-state index in [1.807, 2.05) is 0 Å². The number of methoxy groups -OCH3 is 1. The van der Waals surface area contributed by atoms with Crippen molar-refractivity contribution in [3.63, 3.8) is 0 Å². The third-order valence-corrected chi connectivity index (χ3v) is 7.34. The predicted molar refractivity (Wildman–Crippen MR) is 121 cm³/mol. The van der Waals surface area contributed by atoms with E-state index in [0.717, 1.165) is 0 Å². The molecule has 0 aliphatic heterocycles. The Morgan fingerprint density at radius 2 is 1.81 bits per heavy atom. The summed E-state index contributed by atoms with van der Waals surface area (Å²) in [5.41, 5.74) is 1.02. The second-order valence-corrected chi connectivity index (χ2v) is 9.33. The minimum Gasteiger partial charge on any atom is -0.465 e. The molecule has 174 valence electrons. The number of aromatic amines is 1. The summed E-state index contributed by atoms with van der Waals surface area (Å²) in [5.74, 6) is -1.54. The minimum absolute atomic E-state index is 0.00858. The monoisotopic (exact) mass is 483 g/mol.